The monoisotopic (exact) mass is 284 g/mol. The maximum atomic E-state index is 13.5. The molecule has 0 bridgehead atoms. The maximum Gasteiger partial charge on any atom is 0.263 e. The molecule has 0 saturated heterocycles. The van der Waals surface area contributed by atoms with E-state index in [1.807, 2.05) is 0 Å². The molecule has 0 aliphatic rings. The molecule has 94 valence electrons. The lowest BCUT2D eigenvalue weighted by atomic mass is 10.2. The van der Waals surface area contributed by atoms with Crippen molar-refractivity contribution in [3.8, 4) is 0 Å². The first-order valence-electron chi connectivity index (χ1n) is 4.87. The Morgan fingerprint density at radius 2 is 2.22 bits per heavy atom. The van der Waals surface area contributed by atoms with Crippen LogP contribution in [0.5, 0.6) is 0 Å². The van der Waals surface area contributed by atoms with Crippen LogP contribution in [0.2, 0.25) is 0 Å². The Labute approximate surface area is 108 Å². The van der Waals surface area contributed by atoms with Crippen molar-refractivity contribution in [3.63, 3.8) is 0 Å². The quantitative estimate of drug-likeness (QED) is 0.939. The minimum atomic E-state index is -3.81. The summed E-state index contributed by atoms with van der Waals surface area (Å²) in [5, 5.41) is 1.88. The van der Waals surface area contributed by atoms with E-state index in [1.165, 1.54) is 24.4 Å². The Morgan fingerprint density at radius 3 is 2.78 bits per heavy atom. The maximum absolute atomic E-state index is 13.5. The Bertz CT molecular complexity index is 666. The average molecular weight is 284 g/mol. The lowest BCUT2D eigenvalue weighted by Crippen LogP contribution is -2.13. The summed E-state index contributed by atoms with van der Waals surface area (Å²) in [4.78, 5) is 3.65. The molecule has 1 aromatic heterocycles. The third kappa shape index (κ3) is 2.57. The highest BCUT2D eigenvalue weighted by atomic mass is 32.2. The van der Waals surface area contributed by atoms with Crippen molar-refractivity contribution in [3.05, 3.63) is 47.7 Å². The van der Waals surface area contributed by atoms with Crippen molar-refractivity contribution in [2.45, 2.75) is 4.90 Å². The lowest BCUT2D eigenvalue weighted by molar-refractivity contribution is 0.594. The standard InChI is InChI=1S/C11H9FN2O2S2/c1-2-8-3-4-9(7-10(8)12)18(15,16)14-11-13-5-6-17-11/h2-7H,1H2,(H,13,14). The van der Waals surface area contributed by atoms with Crippen molar-refractivity contribution in [1.29, 1.82) is 0 Å². The van der Waals surface area contributed by atoms with Crippen LogP contribution in [0, 0.1) is 5.82 Å². The molecule has 0 fully saturated rings. The number of anilines is 1. The van der Waals surface area contributed by atoms with E-state index in [2.05, 4.69) is 16.3 Å². The SMILES string of the molecule is C=Cc1ccc(S(=O)(=O)Nc2nccs2)cc1F. The topological polar surface area (TPSA) is 59.1 Å². The summed E-state index contributed by atoms with van der Waals surface area (Å²) in [6, 6.07) is 3.63. The molecule has 4 nitrogen and oxygen atoms in total. The first-order chi connectivity index (χ1) is 8.53. The molecular formula is C11H9FN2O2S2. The van der Waals surface area contributed by atoms with Gasteiger partial charge >= 0.3 is 0 Å². The van der Waals surface area contributed by atoms with E-state index in [0.29, 0.717) is 0 Å². The summed E-state index contributed by atoms with van der Waals surface area (Å²) in [7, 11) is -3.81. The Morgan fingerprint density at radius 1 is 1.44 bits per heavy atom. The van der Waals surface area contributed by atoms with Crippen molar-refractivity contribution < 1.29 is 12.8 Å². The highest BCUT2D eigenvalue weighted by Crippen LogP contribution is 2.20. The molecule has 0 saturated carbocycles. The molecule has 0 atom stereocenters. The highest BCUT2D eigenvalue weighted by Gasteiger charge is 2.16. The molecule has 1 N–H and O–H groups in total. The van der Waals surface area contributed by atoms with E-state index in [1.54, 1.807) is 5.38 Å². The summed E-state index contributed by atoms with van der Waals surface area (Å²) in [6.07, 6.45) is 2.80. The van der Waals surface area contributed by atoms with Gasteiger partial charge in [-0.25, -0.2) is 17.8 Å². The van der Waals surface area contributed by atoms with Crippen LogP contribution >= 0.6 is 11.3 Å². The predicted octanol–water partition coefficient (Wildman–Crippen LogP) is 2.73. The number of sulfonamides is 1. The van der Waals surface area contributed by atoms with Gasteiger partial charge in [-0.05, 0) is 12.1 Å². The third-order valence-corrected chi connectivity index (χ3v) is 4.31. The van der Waals surface area contributed by atoms with Crippen LogP contribution in [0.3, 0.4) is 0 Å². The van der Waals surface area contributed by atoms with Crippen molar-refractivity contribution in [2.75, 3.05) is 4.72 Å². The molecule has 0 aliphatic carbocycles. The van der Waals surface area contributed by atoms with Gasteiger partial charge in [-0.1, -0.05) is 18.7 Å². The zero-order chi connectivity index (χ0) is 13.2. The predicted molar refractivity (Wildman–Crippen MR) is 69.4 cm³/mol. The number of nitrogens with one attached hydrogen (secondary N) is 1. The fraction of sp³-hybridized carbons (Fsp3) is 0. The largest absolute Gasteiger partial charge is 0.263 e. The Hall–Kier alpha value is -1.73. The zero-order valence-electron chi connectivity index (χ0n) is 9.13. The van der Waals surface area contributed by atoms with E-state index in [-0.39, 0.29) is 15.6 Å². The minimum absolute atomic E-state index is 0.152. The molecule has 18 heavy (non-hydrogen) atoms. The molecule has 7 heteroatoms. The number of aromatic nitrogens is 1. The number of hydrogen-bond acceptors (Lipinski definition) is 4. The first-order valence-corrected chi connectivity index (χ1v) is 7.23. The molecule has 2 aromatic rings. The average Bonchev–Trinajstić information content (AvgIpc) is 2.81. The molecule has 0 unspecified atom stereocenters. The number of nitrogens with zero attached hydrogens (tertiary/aromatic N) is 1. The highest BCUT2D eigenvalue weighted by molar-refractivity contribution is 7.93. The first kappa shape index (κ1) is 12.7. The Kier molecular flexibility index (Phi) is 3.44. The zero-order valence-corrected chi connectivity index (χ0v) is 10.8. The van der Waals surface area contributed by atoms with Gasteiger partial charge in [0.1, 0.15) is 5.82 Å². The number of benzene rings is 1. The summed E-state index contributed by atoms with van der Waals surface area (Å²) in [5.41, 5.74) is 0.253. The van der Waals surface area contributed by atoms with Crippen molar-refractivity contribution in [2.24, 2.45) is 0 Å². The Balaban J connectivity index is 2.35. The van der Waals surface area contributed by atoms with E-state index in [9.17, 15) is 12.8 Å². The second-order valence-electron chi connectivity index (χ2n) is 3.33. The van der Waals surface area contributed by atoms with Gasteiger partial charge in [0.05, 0.1) is 4.90 Å². The smallest absolute Gasteiger partial charge is 0.255 e. The van der Waals surface area contributed by atoms with E-state index >= 15 is 0 Å². The number of rotatable bonds is 4. The summed E-state index contributed by atoms with van der Waals surface area (Å²) in [6.45, 7) is 3.43. The van der Waals surface area contributed by atoms with Crippen LogP contribution < -0.4 is 4.72 Å². The molecular weight excluding hydrogens is 275 g/mol. The molecule has 0 aliphatic heterocycles. The van der Waals surface area contributed by atoms with Gasteiger partial charge in [0.25, 0.3) is 10.0 Å². The molecule has 0 radical (unpaired) electrons. The van der Waals surface area contributed by atoms with Crippen LogP contribution in [0.1, 0.15) is 5.56 Å². The number of thiazole rings is 1. The fourth-order valence-corrected chi connectivity index (χ4v) is 3.09. The van der Waals surface area contributed by atoms with E-state index in [4.69, 9.17) is 0 Å². The second kappa shape index (κ2) is 4.87. The molecule has 1 heterocycles. The molecule has 2 rings (SSSR count). The molecule has 0 amide bonds. The van der Waals surface area contributed by atoms with Crippen molar-refractivity contribution in [1.82, 2.24) is 4.98 Å². The van der Waals surface area contributed by atoms with Crippen molar-refractivity contribution >= 4 is 32.6 Å². The summed E-state index contributed by atoms with van der Waals surface area (Å²) < 4.78 is 39.6. The van der Waals surface area contributed by atoms with Crippen LogP contribution in [0.4, 0.5) is 9.52 Å². The van der Waals surface area contributed by atoms with Crippen LogP contribution in [0.15, 0.2) is 41.3 Å². The van der Waals surface area contributed by atoms with Gasteiger partial charge in [0.15, 0.2) is 5.13 Å². The van der Waals surface area contributed by atoms with E-state index in [0.717, 1.165) is 17.4 Å². The summed E-state index contributed by atoms with van der Waals surface area (Å²) >= 11 is 1.15. The number of hydrogen-bond donors (Lipinski definition) is 1. The van der Waals surface area contributed by atoms with Gasteiger partial charge in [-0.2, -0.15) is 0 Å². The van der Waals surface area contributed by atoms with Gasteiger partial charge in [-0.3, -0.25) is 4.72 Å². The minimum Gasteiger partial charge on any atom is -0.255 e. The lowest BCUT2D eigenvalue weighted by Gasteiger charge is -2.06. The number of halogens is 1. The van der Waals surface area contributed by atoms with Gasteiger partial charge in [0.2, 0.25) is 0 Å². The van der Waals surface area contributed by atoms with Crippen LogP contribution in [-0.2, 0) is 10.0 Å². The normalized spacial score (nSPS) is 11.2. The van der Waals surface area contributed by atoms with Crippen LogP contribution in [0.25, 0.3) is 6.08 Å². The molecule has 1 aromatic carbocycles. The van der Waals surface area contributed by atoms with Gasteiger partial charge in [0, 0.05) is 17.1 Å². The van der Waals surface area contributed by atoms with E-state index < -0.39 is 15.8 Å². The fourth-order valence-electron chi connectivity index (χ4n) is 1.29. The van der Waals surface area contributed by atoms with Gasteiger partial charge in [-0.15, -0.1) is 11.3 Å². The molecule has 0 spiro atoms. The van der Waals surface area contributed by atoms with Crippen LogP contribution in [-0.4, -0.2) is 13.4 Å². The third-order valence-electron chi connectivity index (χ3n) is 2.16. The second-order valence-corrected chi connectivity index (χ2v) is 5.91. The summed E-state index contributed by atoms with van der Waals surface area (Å²) in [5.74, 6) is -0.632. The van der Waals surface area contributed by atoms with Gasteiger partial charge < -0.3 is 0 Å².